The van der Waals surface area contributed by atoms with E-state index in [1.165, 1.54) is 0 Å². The molecule has 0 aliphatic heterocycles. The van der Waals surface area contributed by atoms with Gasteiger partial charge in [0, 0.05) is 19.3 Å². The maximum absolute atomic E-state index is 12.8. The molecule has 0 aliphatic rings. The predicted molar refractivity (Wildman–Crippen MR) is 279 cm³/mol. The molecule has 0 rings (SSSR count). The molecule has 0 aromatic rings. The van der Waals surface area contributed by atoms with Gasteiger partial charge in [0.15, 0.2) is 6.10 Å². The molecule has 6 nitrogen and oxygen atoms in total. The molecule has 362 valence electrons. The van der Waals surface area contributed by atoms with Gasteiger partial charge >= 0.3 is 17.9 Å². The first-order valence-corrected chi connectivity index (χ1v) is 25.3. The van der Waals surface area contributed by atoms with Gasteiger partial charge in [-0.3, -0.25) is 14.4 Å². The molecule has 0 saturated carbocycles. The minimum atomic E-state index is -0.829. The number of carbonyl (C=O) groups excluding carboxylic acids is 3. The third-order valence-electron chi connectivity index (χ3n) is 9.82. The molecule has 0 bridgehead atoms. The van der Waals surface area contributed by atoms with E-state index in [2.05, 4.69) is 167 Å². The smallest absolute Gasteiger partial charge is 0.306 e. The van der Waals surface area contributed by atoms with Crippen molar-refractivity contribution in [1.82, 2.24) is 0 Å². The lowest BCUT2D eigenvalue weighted by Crippen LogP contribution is -2.30. The Kier molecular flexibility index (Phi) is 48.2. The minimum Gasteiger partial charge on any atom is -0.462 e. The number of allylic oxidation sites excluding steroid dienone is 24. The molecule has 65 heavy (non-hydrogen) atoms. The molecule has 0 aromatic carbocycles. The first kappa shape index (κ1) is 60.3. The van der Waals surface area contributed by atoms with Gasteiger partial charge in [-0.05, 0) is 135 Å². The summed E-state index contributed by atoms with van der Waals surface area (Å²) in [4.78, 5) is 37.9. The van der Waals surface area contributed by atoms with E-state index < -0.39 is 6.10 Å². The van der Waals surface area contributed by atoms with Crippen LogP contribution in [-0.2, 0) is 28.6 Å². The van der Waals surface area contributed by atoms with Gasteiger partial charge in [-0.2, -0.15) is 0 Å². The van der Waals surface area contributed by atoms with Crippen molar-refractivity contribution < 1.29 is 28.6 Å². The third kappa shape index (κ3) is 50.2. The summed E-state index contributed by atoms with van der Waals surface area (Å²) in [5.41, 5.74) is 0. The molecule has 0 N–H and O–H groups in total. The molecular weight excluding hydrogens is 805 g/mol. The number of ether oxygens (including phenoxy) is 3. The van der Waals surface area contributed by atoms with E-state index in [1.807, 2.05) is 0 Å². The van der Waals surface area contributed by atoms with Crippen molar-refractivity contribution in [2.45, 2.75) is 194 Å². The van der Waals surface area contributed by atoms with E-state index in [4.69, 9.17) is 14.2 Å². The van der Waals surface area contributed by atoms with E-state index in [0.717, 1.165) is 135 Å². The highest BCUT2D eigenvalue weighted by Gasteiger charge is 2.19. The summed E-state index contributed by atoms with van der Waals surface area (Å²) in [5.74, 6) is -1.04. The van der Waals surface area contributed by atoms with Gasteiger partial charge in [0.05, 0.1) is 0 Å². The van der Waals surface area contributed by atoms with E-state index >= 15 is 0 Å². The standard InChI is InChI=1S/C59H90O6/c1-4-7-10-13-16-19-22-25-26-27-28-29-30-31-32-35-37-40-43-46-49-52-58(61)64-55-56(65-59(62)53-50-47-44-41-38-34-24-21-18-15-12-9-6-3)54-63-57(60)51-48-45-42-39-36-33-23-20-17-14-11-8-5-2/h7-12,16-21,25-26,28-29,31-34,36-38,40,56H,4-6,13-15,22-24,27,30,35,39,41-55H2,1-3H3/b10-7-,11-8-,12-9-,19-16-,20-17-,21-18-,26-25-,29-28-,32-31-,36-33-,38-34-,40-37-. The Balaban J connectivity index is 4.55. The Morgan fingerprint density at radius 3 is 0.862 bits per heavy atom. The van der Waals surface area contributed by atoms with Gasteiger partial charge in [0.25, 0.3) is 0 Å². The molecule has 6 heteroatoms. The summed E-state index contributed by atoms with van der Waals surface area (Å²) in [7, 11) is 0. The molecule has 0 aromatic heterocycles. The van der Waals surface area contributed by atoms with Gasteiger partial charge in [0.1, 0.15) is 13.2 Å². The maximum atomic E-state index is 12.8. The molecule has 1 atom stereocenters. The highest BCUT2D eigenvalue weighted by atomic mass is 16.6. The number of esters is 3. The highest BCUT2D eigenvalue weighted by molar-refractivity contribution is 5.71. The van der Waals surface area contributed by atoms with Gasteiger partial charge in [-0.15, -0.1) is 0 Å². The molecule has 0 fully saturated rings. The van der Waals surface area contributed by atoms with Crippen LogP contribution < -0.4 is 0 Å². The van der Waals surface area contributed by atoms with E-state index in [-0.39, 0.29) is 44.0 Å². The third-order valence-corrected chi connectivity index (χ3v) is 9.82. The van der Waals surface area contributed by atoms with E-state index in [9.17, 15) is 14.4 Å². The normalized spacial score (nSPS) is 13.3. The van der Waals surface area contributed by atoms with Crippen molar-refractivity contribution in [3.63, 3.8) is 0 Å². The minimum absolute atomic E-state index is 0.126. The fourth-order valence-corrected chi connectivity index (χ4v) is 6.12. The fraction of sp³-hybridized carbons (Fsp3) is 0.542. The Bertz CT molecular complexity index is 1490. The number of carbonyl (C=O) groups is 3. The highest BCUT2D eigenvalue weighted by Crippen LogP contribution is 2.11. The quantitative estimate of drug-likeness (QED) is 0.0263. The molecule has 1 unspecified atom stereocenters. The topological polar surface area (TPSA) is 78.9 Å². The zero-order valence-corrected chi connectivity index (χ0v) is 41.2. The summed E-state index contributed by atoms with van der Waals surface area (Å²) >= 11 is 0. The average molecular weight is 895 g/mol. The summed E-state index contributed by atoms with van der Waals surface area (Å²) < 4.78 is 16.7. The summed E-state index contributed by atoms with van der Waals surface area (Å²) in [6, 6.07) is 0. The molecule has 0 spiro atoms. The first-order valence-electron chi connectivity index (χ1n) is 25.3. The van der Waals surface area contributed by atoms with Crippen molar-refractivity contribution in [3.8, 4) is 0 Å². The first-order chi connectivity index (χ1) is 32.0. The SMILES string of the molecule is CC/C=C\C/C=C\C/C=C\C/C=C\C/C=C\C/C=C\CCCCC(=O)OCC(COC(=O)CCCCC/C=C\C/C=C\C/C=C\CC)OC(=O)CCCCC/C=C\C/C=C\C/C=C\CC. The monoisotopic (exact) mass is 895 g/mol. The summed E-state index contributed by atoms with van der Waals surface area (Å²) in [6.07, 6.45) is 74.1. The summed E-state index contributed by atoms with van der Waals surface area (Å²) in [6.45, 7) is 6.17. The van der Waals surface area contributed by atoms with E-state index in [0.29, 0.717) is 19.3 Å². The van der Waals surface area contributed by atoms with Crippen molar-refractivity contribution in [1.29, 1.82) is 0 Å². The second kappa shape index (κ2) is 51.9. The van der Waals surface area contributed by atoms with Crippen molar-refractivity contribution in [2.24, 2.45) is 0 Å². The number of hydrogen-bond donors (Lipinski definition) is 0. The number of unbranched alkanes of at least 4 members (excludes halogenated alkanes) is 8. The van der Waals surface area contributed by atoms with Gasteiger partial charge in [-0.1, -0.05) is 179 Å². The van der Waals surface area contributed by atoms with Gasteiger partial charge < -0.3 is 14.2 Å². The molecule has 0 aliphatic carbocycles. The van der Waals surface area contributed by atoms with Crippen molar-refractivity contribution in [2.75, 3.05) is 13.2 Å². The van der Waals surface area contributed by atoms with Crippen LogP contribution in [0.3, 0.4) is 0 Å². The van der Waals surface area contributed by atoms with Crippen LogP contribution in [0.2, 0.25) is 0 Å². The van der Waals surface area contributed by atoms with Gasteiger partial charge in [-0.25, -0.2) is 0 Å². The molecule has 0 heterocycles. The second-order valence-electron chi connectivity index (χ2n) is 15.9. The van der Waals surface area contributed by atoms with Crippen LogP contribution in [0.4, 0.5) is 0 Å². The second-order valence-corrected chi connectivity index (χ2v) is 15.9. The van der Waals surface area contributed by atoms with Crippen molar-refractivity contribution >= 4 is 17.9 Å². The van der Waals surface area contributed by atoms with Gasteiger partial charge in [0.2, 0.25) is 0 Å². The Labute approximate surface area is 397 Å². The Morgan fingerprint density at radius 1 is 0.308 bits per heavy atom. The Hall–Kier alpha value is -4.71. The summed E-state index contributed by atoms with van der Waals surface area (Å²) in [5, 5.41) is 0. The largest absolute Gasteiger partial charge is 0.462 e. The molecule has 0 saturated heterocycles. The number of rotatable bonds is 43. The van der Waals surface area contributed by atoms with Crippen LogP contribution in [0, 0.1) is 0 Å². The van der Waals surface area contributed by atoms with Crippen LogP contribution in [0.1, 0.15) is 188 Å². The molecule has 0 radical (unpaired) electrons. The molecular formula is C59H90O6. The van der Waals surface area contributed by atoms with Crippen molar-refractivity contribution in [3.05, 3.63) is 146 Å². The maximum Gasteiger partial charge on any atom is 0.306 e. The van der Waals surface area contributed by atoms with Crippen LogP contribution in [0.5, 0.6) is 0 Å². The van der Waals surface area contributed by atoms with Crippen LogP contribution in [0.25, 0.3) is 0 Å². The Morgan fingerprint density at radius 2 is 0.554 bits per heavy atom. The lowest BCUT2D eigenvalue weighted by Gasteiger charge is -2.18. The average Bonchev–Trinajstić information content (AvgIpc) is 3.30. The zero-order chi connectivity index (χ0) is 47.2. The van der Waals surface area contributed by atoms with Crippen LogP contribution >= 0.6 is 0 Å². The molecule has 0 amide bonds. The fourth-order valence-electron chi connectivity index (χ4n) is 6.12. The lowest BCUT2D eigenvalue weighted by molar-refractivity contribution is -0.167. The van der Waals surface area contributed by atoms with Crippen LogP contribution in [-0.4, -0.2) is 37.2 Å². The zero-order valence-electron chi connectivity index (χ0n) is 41.2. The van der Waals surface area contributed by atoms with E-state index in [1.54, 1.807) is 0 Å². The number of hydrogen-bond acceptors (Lipinski definition) is 6. The predicted octanol–water partition coefficient (Wildman–Crippen LogP) is 16.9. The van der Waals surface area contributed by atoms with Crippen LogP contribution in [0.15, 0.2) is 146 Å². The lowest BCUT2D eigenvalue weighted by atomic mass is 10.1.